The fourth-order valence-corrected chi connectivity index (χ4v) is 2.36. The smallest absolute Gasteiger partial charge is 0.107 e. The molecule has 2 aromatic heterocycles. The van der Waals surface area contributed by atoms with Gasteiger partial charge in [-0.05, 0) is 17.5 Å². The Kier molecular flexibility index (Phi) is 3.07. The fourth-order valence-electron chi connectivity index (χ4n) is 2.36. The summed E-state index contributed by atoms with van der Waals surface area (Å²) in [5.41, 5.74) is 1.22. The van der Waals surface area contributed by atoms with Crippen LogP contribution in [0.25, 0.3) is 10.9 Å². The maximum atomic E-state index is 5.65. The quantitative estimate of drug-likeness (QED) is 0.709. The number of hydrogen-bond donors (Lipinski definition) is 1. The predicted molar refractivity (Wildman–Crippen MR) is 76.6 cm³/mol. The number of fused-ring (bicyclic) bond motifs is 1. The maximum Gasteiger partial charge on any atom is 0.107 e. The zero-order chi connectivity index (χ0) is 13.1. The number of nitrogens with zero attached hydrogens (tertiary/aromatic N) is 2. The van der Waals surface area contributed by atoms with Crippen LogP contribution in [0.4, 0.5) is 0 Å². The monoisotopic (exact) mass is 249 g/mol. The highest BCUT2D eigenvalue weighted by atomic mass is 15.0. The maximum absolute atomic E-state index is 5.65. The van der Waals surface area contributed by atoms with E-state index in [9.17, 15) is 0 Å². The molecule has 0 spiro atoms. The molecule has 1 unspecified atom stereocenters. The largest absolute Gasteiger partial charge is 0.349 e. The number of aromatic amines is 1. The molecule has 0 amide bonds. The van der Waals surface area contributed by atoms with E-state index >= 15 is 0 Å². The Morgan fingerprint density at radius 3 is 3.00 bits per heavy atom. The van der Waals surface area contributed by atoms with E-state index in [1.54, 1.807) is 6.20 Å². The van der Waals surface area contributed by atoms with Crippen molar-refractivity contribution < 1.29 is 0 Å². The average molecular weight is 249 g/mol. The number of para-hydroxylation sites is 1. The van der Waals surface area contributed by atoms with Crippen molar-refractivity contribution in [2.45, 2.75) is 13.0 Å². The number of hydrogen-bond acceptors (Lipinski definition) is 1. The van der Waals surface area contributed by atoms with Crippen LogP contribution in [-0.2, 0) is 13.0 Å². The van der Waals surface area contributed by atoms with Gasteiger partial charge in [-0.15, -0.1) is 12.3 Å². The molecular weight excluding hydrogens is 234 g/mol. The van der Waals surface area contributed by atoms with Gasteiger partial charge in [0.15, 0.2) is 0 Å². The van der Waals surface area contributed by atoms with Gasteiger partial charge in [0.2, 0.25) is 0 Å². The number of benzene rings is 1. The molecule has 0 aliphatic carbocycles. The summed E-state index contributed by atoms with van der Waals surface area (Å²) in [5.74, 6) is 3.95. The number of aromatic nitrogens is 3. The van der Waals surface area contributed by atoms with Gasteiger partial charge in [-0.1, -0.05) is 18.2 Å². The third-order valence-corrected chi connectivity index (χ3v) is 3.33. The van der Waals surface area contributed by atoms with Gasteiger partial charge in [0.05, 0.1) is 0 Å². The van der Waals surface area contributed by atoms with Crippen LogP contribution in [0.2, 0.25) is 0 Å². The van der Waals surface area contributed by atoms with E-state index in [0.29, 0.717) is 0 Å². The van der Waals surface area contributed by atoms with E-state index in [1.807, 2.05) is 12.3 Å². The van der Waals surface area contributed by atoms with Crippen molar-refractivity contribution >= 4 is 10.9 Å². The van der Waals surface area contributed by atoms with Gasteiger partial charge in [0, 0.05) is 43.0 Å². The van der Waals surface area contributed by atoms with Gasteiger partial charge >= 0.3 is 0 Å². The molecule has 1 atom stereocenters. The molecule has 3 nitrogen and oxygen atoms in total. The van der Waals surface area contributed by atoms with Crippen LogP contribution < -0.4 is 0 Å². The third-order valence-electron chi connectivity index (χ3n) is 3.33. The molecule has 19 heavy (non-hydrogen) atoms. The first-order chi connectivity index (χ1) is 9.36. The van der Waals surface area contributed by atoms with Crippen molar-refractivity contribution in [3.05, 3.63) is 54.7 Å². The predicted octanol–water partition coefficient (Wildman–Crippen LogP) is 2.86. The van der Waals surface area contributed by atoms with Crippen LogP contribution in [0, 0.1) is 18.3 Å². The molecule has 0 aliphatic rings. The minimum Gasteiger partial charge on any atom is -0.349 e. The zero-order valence-electron chi connectivity index (χ0n) is 10.6. The fraction of sp³-hybridized carbons (Fsp3) is 0.188. The lowest BCUT2D eigenvalue weighted by Crippen LogP contribution is -2.11. The van der Waals surface area contributed by atoms with E-state index in [-0.39, 0.29) is 5.92 Å². The van der Waals surface area contributed by atoms with Crippen LogP contribution >= 0.6 is 0 Å². The van der Waals surface area contributed by atoms with Gasteiger partial charge < -0.3 is 9.55 Å². The van der Waals surface area contributed by atoms with Crippen LogP contribution in [-0.4, -0.2) is 14.5 Å². The van der Waals surface area contributed by atoms with E-state index in [2.05, 4.69) is 50.9 Å². The molecule has 1 N–H and O–H groups in total. The molecule has 2 heterocycles. The summed E-state index contributed by atoms with van der Waals surface area (Å²) in [6.45, 7) is 0.810. The summed E-state index contributed by atoms with van der Waals surface area (Å²) in [4.78, 5) is 7.34. The van der Waals surface area contributed by atoms with Crippen LogP contribution in [0.15, 0.2) is 48.9 Å². The van der Waals surface area contributed by atoms with E-state index < -0.39 is 0 Å². The molecule has 1 aromatic carbocycles. The van der Waals surface area contributed by atoms with Crippen molar-refractivity contribution in [2.24, 2.45) is 5.92 Å². The van der Waals surface area contributed by atoms with Crippen molar-refractivity contribution in [1.29, 1.82) is 0 Å². The second-order valence-electron chi connectivity index (χ2n) is 4.63. The standard InChI is InChI=1S/C16H15N3/c1-2-13(11-16-17-8-9-18-16)12-19-10-7-14-5-3-4-6-15(14)19/h1,3-10,13H,11-12H2,(H,17,18). The molecule has 3 heteroatoms. The van der Waals surface area contributed by atoms with Gasteiger partial charge in [0.25, 0.3) is 0 Å². The molecule has 0 aliphatic heterocycles. The molecule has 3 aromatic rings. The van der Waals surface area contributed by atoms with Crippen LogP contribution in [0.3, 0.4) is 0 Å². The number of nitrogens with one attached hydrogen (secondary N) is 1. The normalized spacial score (nSPS) is 12.4. The van der Waals surface area contributed by atoms with Crippen molar-refractivity contribution in [2.75, 3.05) is 0 Å². The molecular formula is C16H15N3. The molecule has 0 bridgehead atoms. The second kappa shape index (κ2) is 5.03. The highest BCUT2D eigenvalue weighted by Gasteiger charge is 2.10. The Hall–Kier alpha value is -2.47. The summed E-state index contributed by atoms with van der Waals surface area (Å²) < 4.78 is 2.21. The first kappa shape index (κ1) is 11.6. The Balaban J connectivity index is 1.81. The Morgan fingerprint density at radius 1 is 1.32 bits per heavy atom. The number of rotatable bonds is 4. The van der Waals surface area contributed by atoms with E-state index in [4.69, 9.17) is 6.42 Å². The van der Waals surface area contributed by atoms with Gasteiger partial charge in [0.1, 0.15) is 5.82 Å². The molecule has 3 rings (SSSR count). The van der Waals surface area contributed by atoms with Gasteiger partial charge in [-0.25, -0.2) is 4.98 Å². The summed E-state index contributed by atoms with van der Waals surface area (Å²) in [6.07, 6.45) is 12.1. The van der Waals surface area contributed by atoms with Gasteiger partial charge in [-0.2, -0.15) is 0 Å². The lowest BCUT2D eigenvalue weighted by Gasteiger charge is -2.11. The minimum absolute atomic E-state index is 0.141. The Bertz CT molecular complexity index is 701. The van der Waals surface area contributed by atoms with Crippen molar-refractivity contribution in [3.8, 4) is 12.3 Å². The minimum atomic E-state index is 0.141. The summed E-state index contributed by atoms with van der Waals surface area (Å²) in [5, 5.41) is 1.25. The number of imidazole rings is 1. The number of terminal acetylenes is 1. The highest BCUT2D eigenvalue weighted by Crippen LogP contribution is 2.17. The topological polar surface area (TPSA) is 33.6 Å². The summed E-state index contributed by atoms with van der Waals surface area (Å²) in [7, 11) is 0. The average Bonchev–Trinajstić information content (AvgIpc) is 3.08. The van der Waals surface area contributed by atoms with E-state index in [1.165, 1.54) is 10.9 Å². The first-order valence-corrected chi connectivity index (χ1v) is 6.35. The first-order valence-electron chi connectivity index (χ1n) is 6.35. The second-order valence-corrected chi connectivity index (χ2v) is 4.63. The van der Waals surface area contributed by atoms with Crippen molar-refractivity contribution in [3.63, 3.8) is 0 Å². The zero-order valence-corrected chi connectivity index (χ0v) is 10.6. The summed E-state index contributed by atoms with van der Waals surface area (Å²) in [6, 6.07) is 10.5. The Labute approximate surface area is 112 Å². The molecule has 94 valence electrons. The molecule has 0 saturated heterocycles. The highest BCUT2D eigenvalue weighted by molar-refractivity contribution is 5.79. The molecule has 0 radical (unpaired) electrons. The van der Waals surface area contributed by atoms with Crippen LogP contribution in [0.1, 0.15) is 5.82 Å². The Morgan fingerprint density at radius 2 is 2.21 bits per heavy atom. The third kappa shape index (κ3) is 2.38. The summed E-state index contributed by atoms with van der Waals surface area (Å²) >= 11 is 0. The van der Waals surface area contributed by atoms with E-state index in [0.717, 1.165) is 18.8 Å². The lowest BCUT2D eigenvalue weighted by molar-refractivity contribution is 0.544. The molecule has 0 saturated carbocycles. The molecule has 0 fully saturated rings. The van der Waals surface area contributed by atoms with Crippen LogP contribution in [0.5, 0.6) is 0 Å². The number of H-pyrrole nitrogens is 1. The SMILES string of the molecule is C#CC(Cc1ncc[nH]1)Cn1ccc2ccccc21. The van der Waals surface area contributed by atoms with Gasteiger partial charge in [-0.3, -0.25) is 0 Å². The lowest BCUT2D eigenvalue weighted by atomic mass is 10.1. The van der Waals surface area contributed by atoms with Crippen molar-refractivity contribution in [1.82, 2.24) is 14.5 Å².